The molecule has 1 aliphatic carbocycles. The van der Waals surface area contributed by atoms with Crippen LogP contribution in [0.15, 0.2) is 41.0 Å². The first-order chi connectivity index (χ1) is 14.8. The largest absolute Gasteiger partial charge is 0.483 e. The van der Waals surface area contributed by atoms with Crippen molar-refractivity contribution < 1.29 is 19.2 Å². The van der Waals surface area contributed by atoms with E-state index in [0.717, 1.165) is 25.0 Å². The Morgan fingerprint density at radius 2 is 1.97 bits per heavy atom. The molecule has 160 valence electrons. The number of Topliss-reactive ketones (excluding diaryl/α,β-unsaturated/α-hetero) is 1. The molecule has 1 aromatic heterocycles. The zero-order valence-corrected chi connectivity index (χ0v) is 17.9. The molecule has 0 spiro atoms. The number of nitro benzene ring substituents is 1. The minimum atomic E-state index is -0.709. The second-order valence-corrected chi connectivity index (χ2v) is 9.32. The van der Waals surface area contributed by atoms with Gasteiger partial charge in [0.25, 0.3) is 11.6 Å². The Hall–Kier alpha value is -3.07. The maximum atomic E-state index is 13.6. The van der Waals surface area contributed by atoms with Gasteiger partial charge in [-0.1, -0.05) is 6.92 Å². The van der Waals surface area contributed by atoms with Gasteiger partial charge in [-0.15, -0.1) is 11.3 Å². The van der Waals surface area contributed by atoms with Crippen molar-refractivity contribution in [3.8, 4) is 0 Å². The number of aromatic nitrogens is 1. The average molecular weight is 439 g/mol. The van der Waals surface area contributed by atoms with Crippen LogP contribution in [0.25, 0.3) is 0 Å². The number of nitrogens with zero attached hydrogens (tertiary/aromatic N) is 3. The third kappa shape index (κ3) is 3.15. The van der Waals surface area contributed by atoms with Gasteiger partial charge in [0.05, 0.1) is 28.2 Å². The van der Waals surface area contributed by atoms with E-state index in [2.05, 4.69) is 11.9 Å². The van der Waals surface area contributed by atoms with Crippen molar-refractivity contribution >= 4 is 33.8 Å². The van der Waals surface area contributed by atoms with E-state index >= 15 is 0 Å². The van der Waals surface area contributed by atoms with E-state index in [9.17, 15) is 19.7 Å². The normalized spacial score (nSPS) is 27.7. The maximum Gasteiger partial charge on any atom is 0.296 e. The first-order valence-corrected chi connectivity index (χ1v) is 11.2. The number of hydrogen-bond donors (Lipinski definition) is 0. The van der Waals surface area contributed by atoms with Crippen LogP contribution in [0, 0.1) is 28.9 Å². The number of thiazole rings is 1. The number of carbonyl (C=O) groups excluding carboxylic acids is 2. The SMILES string of the molecule is Cc1csc(N2C(=O)C3=C(C(=O)C4CC(C)CCC4O3)C2c2ccc([N+](=O)[O-])cc2)n1. The standard InChI is InChI=1S/C22H21N3O5S/c1-11-3-8-16-15(9-11)19(26)17-18(13-4-6-14(7-5-13)25(28)29)24(21(27)20(17)30-16)22-23-12(2)10-31-22/h4-7,10-11,15-16,18H,3,8-9H2,1-2H3. The first kappa shape index (κ1) is 19.9. The minimum Gasteiger partial charge on any atom is -0.483 e. The zero-order chi connectivity index (χ0) is 21.9. The summed E-state index contributed by atoms with van der Waals surface area (Å²) in [6, 6.07) is 5.27. The van der Waals surface area contributed by atoms with Gasteiger partial charge in [-0.05, 0) is 49.8 Å². The predicted molar refractivity (Wildman–Crippen MR) is 114 cm³/mol. The summed E-state index contributed by atoms with van der Waals surface area (Å²) in [5.41, 5.74) is 1.69. The molecule has 2 aromatic rings. The summed E-state index contributed by atoms with van der Waals surface area (Å²) in [7, 11) is 0. The lowest BCUT2D eigenvalue weighted by molar-refractivity contribution is -0.384. The number of benzene rings is 1. The maximum absolute atomic E-state index is 13.6. The van der Waals surface area contributed by atoms with E-state index in [1.165, 1.54) is 28.4 Å². The summed E-state index contributed by atoms with van der Waals surface area (Å²) in [4.78, 5) is 43.7. The van der Waals surface area contributed by atoms with Crippen LogP contribution in [0.2, 0.25) is 0 Å². The molecule has 1 amide bonds. The van der Waals surface area contributed by atoms with Crippen LogP contribution in [-0.4, -0.2) is 27.7 Å². The van der Waals surface area contributed by atoms with E-state index in [1.807, 2.05) is 12.3 Å². The van der Waals surface area contributed by atoms with Gasteiger partial charge in [-0.25, -0.2) is 4.98 Å². The molecular weight excluding hydrogens is 418 g/mol. The Morgan fingerprint density at radius 1 is 1.23 bits per heavy atom. The molecule has 3 aliphatic rings. The van der Waals surface area contributed by atoms with Gasteiger partial charge in [0.2, 0.25) is 0 Å². The summed E-state index contributed by atoms with van der Waals surface area (Å²) < 4.78 is 6.15. The van der Waals surface area contributed by atoms with Crippen LogP contribution >= 0.6 is 11.3 Å². The van der Waals surface area contributed by atoms with Gasteiger partial charge < -0.3 is 4.74 Å². The van der Waals surface area contributed by atoms with E-state index in [4.69, 9.17) is 4.74 Å². The lowest BCUT2D eigenvalue weighted by atomic mass is 9.74. The predicted octanol–water partition coefficient (Wildman–Crippen LogP) is 4.11. The molecule has 0 radical (unpaired) electrons. The van der Waals surface area contributed by atoms with Gasteiger partial charge in [0, 0.05) is 17.5 Å². The molecule has 9 heteroatoms. The Bertz CT molecular complexity index is 1120. The molecule has 31 heavy (non-hydrogen) atoms. The fraction of sp³-hybridized carbons (Fsp3) is 0.409. The molecule has 4 unspecified atom stereocenters. The summed E-state index contributed by atoms with van der Waals surface area (Å²) >= 11 is 1.32. The molecule has 0 N–H and O–H groups in total. The van der Waals surface area contributed by atoms with Gasteiger partial charge in [0.15, 0.2) is 16.7 Å². The molecule has 3 heterocycles. The summed E-state index contributed by atoms with van der Waals surface area (Å²) in [6.07, 6.45) is 2.17. The van der Waals surface area contributed by atoms with Gasteiger partial charge in [-0.3, -0.25) is 24.6 Å². The Balaban J connectivity index is 1.63. The number of hydrogen-bond acceptors (Lipinski definition) is 7. The molecule has 1 saturated carbocycles. The molecule has 1 fully saturated rings. The van der Waals surface area contributed by atoms with Gasteiger partial charge in [-0.2, -0.15) is 0 Å². The third-order valence-corrected chi connectivity index (χ3v) is 7.30. The lowest BCUT2D eigenvalue weighted by Gasteiger charge is -2.37. The van der Waals surface area contributed by atoms with E-state index < -0.39 is 11.0 Å². The van der Waals surface area contributed by atoms with Crippen molar-refractivity contribution in [2.75, 3.05) is 4.90 Å². The Kier molecular flexibility index (Phi) is 4.65. The molecule has 8 nitrogen and oxygen atoms in total. The van der Waals surface area contributed by atoms with Crippen molar-refractivity contribution in [2.24, 2.45) is 11.8 Å². The van der Waals surface area contributed by atoms with Crippen LogP contribution in [0.5, 0.6) is 0 Å². The third-order valence-electron chi connectivity index (χ3n) is 6.34. The first-order valence-electron chi connectivity index (χ1n) is 10.3. The number of amides is 1. The summed E-state index contributed by atoms with van der Waals surface area (Å²) in [5, 5.41) is 13.4. The highest BCUT2D eigenvalue weighted by atomic mass is 32.1. The second-order valence-electron chi connectivity index (χ2n) is 8.49. The van der Waals surface area contributed by atoms with Gasteiger partial charge >= 0.3 is 0 Å². The summed E-state index contributed by atoms with van der Waals surface area (Å²) in [5.74, 6) is -0.169. The van der Waals surface area contributed by atoms with Crippen LogP contribution in [0.1, 0.15) is 43.5 Å². The number of nitro groups is 1. The fourth-order valence-electron chi connectivity index (χ4n) is 4.82. The van der Waals surface area contributed by atoms with Crippen LogP contribution in [-0.2, 0) is 14.3 Å². The molecule has 0 bridgehead atoms. The highest BCUT2D eigenvalue weighted by Crippen LogP contribution is 2.49. The quantitative estimate of drug-likeness (QED) is 0.527. The van der Waals surface area contributed by atoms with E-state index in [1.54, 1.807) is 12.1 Å². The number of ketones is 1. The number of aryl methyl sites for hydroxylation is 1. The van der Waals surface area contributed by atoms with Crippen LogP contribution < -0.4 is 4.90 Å². The van der Waals surface area contributed by atoms with Gasteiger partial charge in [0.1, 0.15) is 6.10 Å². The van der Waals surface area contributed by atoms with Crippen molar-refractivity contribution in [2.45, 2.75) is 45.3 Å². The average Bonchev–Trinajstić information content (AvgIpc) is 3.30. The molecular formula is C22H21N3O5S. The number of rotatable bonds is 3. The second kappa shape index (κ2) is 7.26. The molecule has 0 saturated heterocycles. The Labute approximate surface area is 182 Å². The molecule has 5 rings (SSSR count). The molecule has 1 aromatic carbocycles. The fourth-order valence-corrected chi connectivity index (χ4v) is 5.65. The monoisotopic (exact) mass is 439 g/mol. The molecule has 4 atom stereocenters. The van der Waals surface area contributed by atoms with Crippen LogP contribution in [0.4, 0.5) is 10.8 Å². The van der Waals surface area contributed by atoms with Crippen LogP contribution in [0.3, 0.4) is 0 Å². The number of non-ortho nitro benzene ring substituents is 1. The van der Waals surface area contributed by atoms with Crippen molar-refractivity contribution in [3.05, 3.63) is 62.3 Å². The number of carbonyl (C=O) groups is 2. The topological polar surface area (TPSA) is 103 Å². The zero-order valence-electron chi connectivity index (χ0n) is 17.1. The molecule has 2 aliphatic heterocycles. The number of ether oxygens (including phenoxy) is 1. The van der Waals surface area contributed by atoms with E-state index in [0.29, 0.717) is 22.2 Å². The Morgan fingerprint density at radius 3 is 2.61 bits per heavy atom. The smallest absolute Gasteiger partial charge is 0.296 e. The van der Waals surface area contributed by atoms with Crippen molar-refractivity contribution in [1.82, 2.24) is 4.98 Å². The van der Waals surface area contributed by atoms with Crippen molar-refractivity contribution in [1.29, 1.82) is 0 Å². The highest BCUT2D eigenvalue weighted by Gasteiger charge is 2.53. The van der Waals surface area contributed by atoms with E-state index in [-0.39, 0.29) is 35.2 Å². The number of fused-ring (bicyclic) bond motifs is 1. The lowest BCUT2D eigenvalue weighted by Crippen LogP contribution is -2.41. The minimum absolute atomic E-state index is 0.0497. The number of anilines is 1. The summed E-state index contributed by atoms with van der Waals surface area (Å²) in [6.45, 7) is 3.97. The van der Waals surface area contributed by atoms with Crippen molar-refractivity contribution in [3.63, 3.8) is 0 Å². The highest BCUT2D eigenvalue weighted by molar-refractivity contribution is 7.14.